The molecule has 0 saturated heterocycles. The van der Waals surface area contributed by atoms with Crippen LogP contribution < -0.4 is 35.1 Å². The average Bonchev–Trinajstić information content (AvgIpc) is 2.23. The predicted molar refractivity (Wildman–Crippen MR) is 57.9 cm³/mol. The number of benzene rings is 1. The third-order valence-corrected chi connectivity index (χ3v) is 2.09. The summed E-state index contributed by atoms with van der Waals surface area (Å²) in [4.78, 5) is 11.5. The zero-order chi connectivity index (χ0) is 9.97. The van der Waals surface area contributed by atoms with Crippen LogP contribution in [0.3, 0.4) is 0 Å². The summed E-state index contributed by atoms with van der Waals surface area (Å²) in [7, 11) is 0. The van der Waals surface area contributed by atoms with Crippen molar-refractivity contribution in [2.24, 2.45) is 0 Å². The van der Waals surface area contributed by atoms with E-state index in [-0.39, 0.29) is 36.5 Å². The summed E-state index contributed by atoms with van der Waals surface area (Å²) in [6, 6.07) is 13.0. The van der Waals surface area contributed by atoms with E-state index < -0.39 is 0 Å². The molecule has 0 aliphatic rings. The van der Waals surface area contributed by atoms with Crippen molar-refractivity contribution in [2.75, 3.05) is 0 Å². The molecule has 1 aromatic carbocycles. The second-order valence-corrected chi connectivity index (χ2v) is 3.25. The van der Waals surface area contributed by atoms with Crippen LogP contribution >= 0.6 is 0 Å². The third kappa shape index (κ3) is 2.81. The zero-order valence-corrected chi connectivity index (χ0v) is 11.0. The summed E-state index contributed by atoms with van der Waals surface area (Å²) in [6.07, 6.45) is 1.84. The quantitative estimate of drug-likeness (QED) is 0.567. The van der Waals surface area contributed by atoms with E-state index in [0.29, 0.717) is 0 Å². The Balaban J connectivity index is 0.00000112. The van der Waals surface area contributed by atoms with Gasteiger partial charge in [0.1, 0.15) is 0 Å². The Morgan fingerprint density at radius 3 is 2.40 bits per heavy atom. The van der Waals surface area contributed by atoms with Gasteiger partial charge in [-0.15, -0.1) is 0 Å². The molecule has 0 N–H and O–H groups in total. The molecule has 15 heavy (non-hydrogen) atoms. The molecule has 0 amide bonds. The first-order valence-electron chi connectivity index (χ1n) is 4.52. The molecular weight excluding hydrogens is 197 g/mol. The van der Waals surface area contributed by atoms with Gasteiger partial charge < -0.3 is 1.43 Å². The molecule has 0 bridgehead atoms. The maximum Gasteiger partial charge on any atom is 1.00 e. The van der Waals surface area contributed by atoms with Crippen LogP contribution in [0.15, 0.2) is 53.5 Å². The van der Waals surface area contributed by atoms with E-state index in [4.69, 9.17) is 0 Å². The van der Waals surface area contributed by atoms with Crippen LogP contribution in [0.5, 0.6) is 0 Å². The first-order valence-corrected chi connectivity index (χ1v) is 4.52. The Morgan fingerprint density at radius 2 is 1.73 bits per heavy atom. The van der Waals surface area contributed by atoms with Crippen molar-refractivity contribution in [1.82, 2.24) is 4.57 Å². The normalized spacial score (nSPS) is 9.40. The molecule has 2 rings (SSSR count). The Labute approximate surface area is 112 Å². The molecule has 1 aromatic heterocycles. The molecule has 0 atom stereocenters. The van der Waals surface area contributed by atoms with Gasteiger partial charge in [-0.25, -0.2) is 0 Å². The standard InChI is InChI=1S/C12H11NO.Na.H/c1-10-7-8-12(14)13(9-10)11-5-3-2-4-6-11;;/h2-9H,1H3;;/q;+1;-1. The van der Waals surface area contributed by atoms with Crippen molar-refractivity contribution in [2.45, 2.75) is 6.92 Å². The van der Waals surface area contributed by atoms with Crippen molar-refractivity contribution < 1.29 is 31.0 Å². The summed E-state index contributed by atoms with van der Waals surface area (Å²) >= 11 is 0. The van der Waals surface area contributed by atoms with Crippen LogP contribution in [-0.4, -0.2) is 4.57 Å². The fourth-order valence-corrected chi connectivity index (χ4v) is 1.38. The van der Waals surface area contributed by atoms with Crippen molar-refractivity contribution in [3.05, 3.63) is 64.6 Å². The van der Waals surface area contributed by atoms with Crippen molar-refractivity contribution in [1.29, 1.82) is 0 Å². The molecule has 2 aromatic rings. The van der Waals surface area contributed by atoms with Crippen molar-refractivity contribution >= 4 is 0 Å². The monoisotopic (exact) mass is 209 g/mol. The minimum Gasteiger partial charge on any atom is -1.00 e. The van der Waals surface area contributed by atoms with Crippen molar-refractivity contribution in [3.8, 4) is 5.69 Å². The molecule has 0 spiro atoms. The van der Waals surface area contributed by atoms with Gasteiger partial charge >= 0.3 is 29.6 Å². The van der Waals surface area contributed by atoms with Crippen LogP contribution in [0.2, 0.25) is 0 Å². The second-order valence-electron chi connectivity index (χ2n) is 3.25. The Kier molecular flexibility index (Phi) is 4.33. The van der Waals surface area contributed by atoms with E-state index in [1.54, 1.807) is 10.6 Å². The summed E-state index contributed by atoms with van der Waals surface area (Å²) < 4.78 is 1.65. The minimum atomic E-state index is 0. The van der Waals surface area contributed by atoms with Gasteiger partial charge in [0.05, 0.1) is 0 Å². The molecule has 3 heteroatoms. The Hall–Kier alpha value is -0.830. The van der Waals surface area contributed by atoms with Crippen molar-refractivity contribution in [3.63, 3.8) is 0 Å². The smallest absolute Gasteiger partial charge is 1.00 e. The first kappa shape index (κ1) is 12.2. The van der Waals surface area contributed by atoms with E-state index >= 15 is 0 Å². The summed E-state index contributed by atoms with van der Waals surface area (Å²) in [6.45, 7) is 1.97. The fraction of sp³-hybridized carbons (Fsp3) is 0.0833. The van der Waals surface area contributed by atoms with Crippen LogP contribution in [0, 0.1) is 6.92 Å². The van der Waals surface area contributed by atoms with Crippen LogP contribution in [0.1, 0.15) is 6.99 Å². The van der Waals surface area contributed by atoms with E-state index in [2.05, 4.69) is 0 Å². The van der Waals surface area contributed by atoms with Gasteiger partial charge in [0.15, 0.2) is 0 Å². The molecule has 0 aliphatic heterocycles. The van der Waals surface area contributed by atoms with Crippen LogP contribution in [0.4, 0.5) is 0 Å². The summed E-state index contributed by atoms with van der Waals surface area (Å²) in [5.74, 6) is 0. The van der Waals surface area contributed by atoms with E-state index in [9.17, 15) is 4.79 Å². The molecule has 2 nitrogen and oxygen atoms in total. The number of para-hydroxylation sites is 1. The zero-order valence-electron chi connectivity index (χ0n) is 9.97. The molecule has 0 aliphatic carbocycles. The largest absolute Gasteiger partial charge is 1.00 e. The van der Waals surface area contributed by atoms with Gasteiger partial charge in [-0.1, -0.05) is 24.3 Å². The molecule has 0 radical (unpaired) electrons. The minimum absolute atomic E-state index is 0. The van der Waals surface area contributed by atoms with Gasteiger partial charge in [-0.3, -0.25) is 9.36 Å². The van der Waals surface area contributed by atoms with Gasteiger partial charge in [0.25, 0.3) is 5.56 Å². The number of nitrogens with zero attached hydrogens (tertiary/aromatic N) is 1. The second kappa shape index (κ2) is 5.31. The van der Waals surface area contributed by atoms with Gasteiger partial charge in [-0.05, 0) is 24.6 Å². The molecule has 0 fully saturated rings. The summed E-state index contributed by atoms with van der Waals surface area (Å²) in [5.41, 5.74) is 1.98. The van der Waals surface area contributed by atoms with Crippen LogP contribution in [-0.2, 0) is 0 Å². The Bertz CT molecular complexity index is 496. The molecule has 0 saturated carbocycles. The predicted octanol–water partition coefficient (Wildman–Crippen LogP) is -0.738. The van der Waals surface area contributed by atoms with E-state index in [1.165, 1.54) is 0 Å². The molecular formula is C12H12NNaO. The van der Waals surface area contributed by atoms with Gasteiger partial charge in [0, 0.05) is 18.0 Å². The maximum absolute atomic E-state index is 11.5. The molecule has 72 valence electrons. The summed E-state index contributed by atoms with van der Waals surface area (Å²) in [5, 5.41) is 0. The molecule has 1 heterocycles. The van der Waals surface area contributed by atoms with Gasteiger partial charge in [-0.2, -0.15) is 0 Å². The van der Waals surface area contributed by atoms with E-state index in [1.807, 2.05) is 49.5 Å². The topological polar surface area (TPSA) is 22.0 Å². The number of rotatable bonds is 1. The number of hydrogen-bond donors (Lipinski definition) is 0. The fourth-order valence-electron chi connectivity index (χ4n) is 1.38. The van der Waals surface area contributed by atoms with E-state index in [0.717, 1.165) is 11.3 Å². The molecule has 0 unspecified atom stereocenters. The van der Waals surface area contributed by atoms with Crippen LogP contribution in [0.25, 0.3) is 5.69 Å². The maximum atomic E-state index is 11.5. The number of aryl methyl sites for hydroxylation is 1. The average molecular weight is 209 g/mol. The SMILES string of the molecule is Cc1ccc(=O)n(-c2ccccc2)c1.[H-].[Na+]. The Morgan fingerprint density at radius 1 is 1.07 bits per heavy atom. The number of hydrogen-bond acceptors (Lipinski definition) is 1. The number of aromatic nitrogens is 1. The third-order valence-electron chi connectivity index (χ3n) is 2.09. The van der Waals surface area contributed by atoms with Gasteiger partial charge in [0.2, 0.25) is 0 Å². The first-order chi connectivity index (χ1) is 6.77. The number of pyridine rings is 1.